The van der Waals surface area contributed by atoms with Crippen LogP contribution in [0.25, 0.3) is 0 Å². The van der Waals surface area contributed by atoms with Gasteiger partial charge in [-0.1, -0.05) is 23.2 Å². The third-order valence-corrected chi connectivity index (χ3v) is 6.03. The van der Waals surface area contributed by atoms with E-state index in [1.807, 2.05) is 0 Å². The SMILES string of the molecule is O=C(NCC[C@H]1CC[C@@H](NC(=O)C2CCOCC2)[C@H](CO)O1)c1cc(Cl)cc(Cl)c1. The molecule has 0 spiro atoms. The third-order valence-electron chi connectivity index (χ3n) is 5.59. The highest BCUT2D eigenvalue weighted by atomic mass is 35.5. The number of carbonyl (C=O) groups excluding carboxylic acids is 2. The van der Waals surface area contributed by atoms with E-state index >= 15 is 0 Å². The predicted molar refractivity (Wildman–Crippen MR) is 114 cm³/mol. The maximum Gasteiger partial charge on any atom is 0.251 e. The summed E-state index contributed by atoms with van der Waals surface area (Å²) in [5.41, 5.74) is 0.404. The number of aliphatic hydroxyl groups is 1. The molecule has 3 atom stereocenters. The first kappa shape index (κ1) is 23.3. The fourth-order valence-electron chi connectivity index (χ4n) is 3.90. The van der Waals surface area contributed by atoms with Crippen LogP contribution in [0.4, 0.5) is 0 Å². The lowest BCUT2D eigenvalue weighted by Crippen LogP contribution is -2.52. The highest BCUT2D eigenvalue weighted by molar-refractivity contribution is 6.35. The number of hydrogen-bond donors (Lipinski definition) is 3. The number of carbonyl (C=O) groups is 2. The normalized spacial score (nSPS) is 25.0. The molecule has 1 aromatic rings. The summed E-state index contributed by atoms with van der Waals surface area (Å²) in [7, 11) is 0. The summed E-state index contributed by atoms with van der Waals surface area (Å²) in [5, 5.41) is 16.4. The fraction of sp³-hybridized carbons (Fsp3) is 0.619. The van der Waals surface area contributed by atoms with Crippen molar-refractivity contribution in [3.05, 3.63) is 33.8 Å². The number of amides is 2. The van der Waals surface area contributed by atoms with Gasteiger partial charge >= 0.3 is 0 Å². The van der Waals surface area contributed by atoms with Gasteiger partial charge in [-0.3, -0.25) is 9.59 Å². The van der Waals surface area contributed by atoms with Gasteiger partial charge in [-0.25, -0.2) is 0 Å². The van der Waals surface area contributed by atoms with Crippen LogP contribution in [0.3, 0.4) is 0 Å². The Morgan fingerprint density at radius 1 is 1.07 bits per heavy atom. The standard InChI is InChI=1S/C21H28Cl2N2O5/c22-15-9-14(10-16(23)11-15)20(27)24-6-3-17-1-2-18(19(12-26)30-17)25-21(28)13-4-7-29-8-5-13/h9-11,13,17-19,26H,1-8,12H2,(H,24,27)(H,25,28)/t17-,18-,19+/m1/s1. The van der Waals surface area contributed by atoms with Crippen molar-refractivity contribution in [3.63, 3.8) is 0 Å². The zero-order valence-electron chi connectivity index (χ0n) is 16.7. The van der Waals surface area contributed by atoms with Crippen molar-refractivity contribution in [2.45, 2.75) is 50.4 Å². The van der Waals surface area contributed by atoms with E-state index in [0.717, 1.165) is 25.7 Å². The summed E-state index contributed by atoms with van der Waals surface area (Å²) in [6, 6.07) is 4.49. The molecule has 9 heteroatoms. The molecule has 2 heterocycles. The second-order valence-electron chi connectivity index (χ2n) is 7.76. The van der Waals surface area contributed by atoms with Gasteiger partial charge in [0.05, 0.1) is 18.8 Å². The predicted octanol–water partition coefficient (Wildman–Crippen LogP) is 2.56. The van der Waals surface area contributed by atoms with Crippen LogP contribution in [0.1, 0.15) is 42.5 Å². The summed E-state index contributed by atoms with van der Waals surface area (Å²) in [6.07, 6.45) is 2.98. The number of benzene rings is 1. The van der Waals surface area contributed by atoms with Gasteiger partial charge in [0.2, 0.25) is 5.91 Å². The molecule has 0 bridgehead atoms. The molecule has 0 saturated carbocycles. The number of rotatable bonds is 7. The minimum Gasteiger partial charge on any atom is -0.394 e. The molecule has 166 valence electrons. The average molecular weight is 459 g/mol. The third kappa shape index (κ3) is 6.56. The quantitative estimate of drug-likeness (QED) is 0.583. The molecule has 3 rings (SSSR count). The molecular weight excluding hydrogens is 431 g/mol. The Morgan fingerprint density at radius 2 is 1.77 bits per heavy atom. The van der Waals surface area contributed by atoms with Crippen molar-refractivity contribution in [1.82, 2.24) is 10.6 Å². The second kappa shape index (κ2) is 11.3. The van der Waals surface area contributed by atoms with E-state index in [1.54, 1.807) is 18.2 Å². The van der Waals surface area contributed by atoms with Gasteiger partial charge in [0.15, 0.2) is 0 Å². The Labute approximate surface area is 186 Å². The van der Waals surface area contributed by atoms with E-state index in [4.69, 9.17) is 32.7 Å². The monoisotopic (exact) mass is 458 g/mol. The van der Waals surface area contributed by atoms with E-state index in [1.165, 1.54) is 0 Å². The van der Waals surface area contributed by atoms with Crippen molar-refractivity contribution < 1.29 is 24.2 Å². The van der Waals surface area contributed by atoms with Crippen molar-refractivity contribution >= 4 is 35.0 Å². The largest absolute Gasteiger partial charge is 0.394 e. The van der Waals surface area contributed by atoms with E-state index in [2.05, 4.69) is 10.6 Å². The first-order valence-corrected chi connectivity index (χ1v) is 11.1. The summed E-state index contributed by atoms with van der Waals surface area (Å²) in [5.74, 6) is -0.280. The minimum atomic E-state index is -0.449. The first-order chi connectivity index (χ1) is 14.5. The zero-order chi connectivity index (χ0) is 21.5. The molecule has 0 aliphatic carbocycles. The van der Waals surface area contributed by atoms with Crippen LogP contribution in [0, 0.1) is 5.92 Å². The molecule has 0 radical (unpaired) electrons. The van der Waals surface area contributed by atoms with Gasteiger partial charge < -0.3 is 25.2 Å². The zero-order valence-corrected chi connectivity index (χ0v) is 18.3. The molecule has 1 aromatic carbocycles. The van der Waals surface area contributed by atoms with Gasteiger partial charge in [0, 0.05) is 41.3 Å². The van der Waals surface area contributed by atoms with E-state index < -0.39 is 6.10 Å². The molecule has 0 unspecified atom stereocenters. The molecule has 3 N–H and O–H groups in total. The number of hydrogen-bond acceptors (Lipinski definition) is 5. The van der Waals surface area contributed by atoms with Gasteiger partial charge in [-0.05, 0) is 50.3 Å². The highest BCUT2D eigenvalue weighted by Crippen LogP contribution is 2.23. The van der Waals surface area contributed by atoms with E-state index in [9.17, 15) is 14.7 Å². The highest BCUT2D eigenvalue weighted by Gasteiger charge is 2.33. The first-order valence-electron chi connectivity index (χ1n) is 10.3. The van der Waals surface area contributed by atoms with Crippen LogP contribution in [0.2, 0.25) is 10.0 Å². The molecule has 2 amide bonds. The lowest BCUT2D eigenvalue weighted by molar-refractivity contribution is -0.134. The molecule has 2 aliphatic heterocycles. The van der Waals surface area contributed by atoms with Gasteiger partial charge in [-0.15, -0.1) is 0 Å². The van der Waals surface area contributed by atoms with E-state index in [0.29, 0.717) is 41.8 Å². The molecule has 0 aromatic heterocycles. The molecule has 2 aliphatic rings. The van der Waals surface area contributed by atoms with Crippen LogP contribution in [0.15, 0.2) is 18.2 Å². The lowest BCUT2D eigenvalue weighted by Gasteiger charge is -2.37. The molecule has 2 saturated heterocycles. The summed E-state index contributed by atoms with van der Waals surface area (Å²) in [4.78, 5) is 24.7. The minimum absolute atomic E-state index is 0.0104. The molecular formula is C21H28Cl2N2O5. The fourth-order valence-corrected chi connectivity index (χ4v) is 4.43. The van der Waals surface area contributed by atoms with Gasteiger partial charge in [-0.2, -0.15) is 0 Å². The van der Waals surface area contributed by atoms with Crippen LogP contribution >= 0.6 is 23.2 Å². The topological polar surface area (TPSA) is 96.9 Å². The average Bonchev–Trinajstić information content (AvgIpc) is 2.74. The Bertz CT molecular complexity index is 722. The number of nitrogens with one attached hydrogen (secondary N) is 2. The number of ether oxygens (including phenoxy) is 2. The molecule has 7 nitrogen and oxygen atoms in total. The van der Waals surface area contributed by atoms with Crippen molar-refractivity contribution in [3.8, 4) is 0 Å². The lowest BCUT2D eigenvalue weighted by atomic mass is 9.94. The second-order valence-corrected chi connectivity index (χ2v) is 8.63. The summed E-state index contributed by atoms with van der Waals surface area (Å²) >= 11 is 11.9. The van der Waals surface area contributed by atoms with Crippen molar-refractivity contribution in [2.24, 2.45) is 5.92 Å². The van der Waals surface area contributed by atoms with Gasteiger partial charge in [0.25, 0.3) is 5.91 Å². The maximum absolute atomic E-state index is 12.5. The van der Waals surface area contributed by atoms with E-state index in [-0.39, 0.29) is 36.5 Å². The van der Waals surface area contributed by atoms with Crippen LogP contribution < -0.4 is 10.6 Å². The van der Waals surface area contributed by atoms with Crippen LogP contribution in [0.5, 0.6) is 0 Å². The number of halogens is 2. The summed E-state index contributed by atoms with van der Waals surface area (Å²) < 4.78 is 11.3. The Morgan fingerprint density at radius 3 is 2.43 bits per heavy atom. The van der Waals surface area contributed by atoms with Crippen molar-refractivity contribution in [2.75, 3.05) is 26.4 Å². The molecule has 2 fully saturated rings. The number of aliphatic hydroxyl groups excluding tert-OH is 1. The molecule has 30 heavy (non-hydrogen) atoms. The van der Waals surface area contributed by atoms with Crippen LogP contribution in [-0.2, 0) is 14.3 Å². The Balaban J connectivity index is 1.43. The summed E-state index contributed by atoms with van der Waals surface area (Å²) in [6.45, 7) is 1.48. The van der Waals surface area contributed by atoms with Crippen molar-refractivity contribution in [1.29, 1.82) is 0 Å². The smallest absolute Gasteiger partial charge is 0.251 e. The maximum atomic E-state index is 12.5. The van der Waals surface area contributed by atoms with Gasteiger partial charge in [0.1, 0.15) is 6.10 Å². The Kier molecular flexibility index (Phi) is 8.77. The van der Waals surface area contributed by atoms with Crippen LogP contribution in [-0.4, -0.2) is 61.5 Å². The Hall–Kier alpha value is -1.38.